The SMILES string of the molecule is CCC(C)(C)c1ccc(OCCN2C(=C/C=C/C=C/C=C/C3=[N+](CCOc4ccc(C(C)(C)CC)cc4C(C)(C)CC)c4ccccc4C3(C)C)C(C)(C)c3ccccc32)c(C(C)(C)CC)c1. The molecule has 0 amide bonds. The highest BCUT2D eigenvalue weighted by molar-refractivity contribution is 6.03. The van der Waals surface area contributed by atoms with Gasteiger partial charge in [-0.25, -0.2) is 0 Å². The maximum absolute atomic E-state index is 6.74. The molecule has 0 aromatic heterocycles. The fourth-order valence-corrected chi connectivity index (χ4v) is 9.74. The zero-order valence-corrected chi connectivity index (χ0v) is 44.5. The molecule has 0 saturated heterocycles. The van der Waals surface area contributed by atoms with E-state index in [1.165, 1.54) is 56.2 Å². The van der Waals surface area contributed by atoms with Crippen molar-refractivity contribution >= 4 is 17.1 Å². The van der Waals surface area contributed by atoms with Gasteiger partial charge < -0.3 is 14.4 Å². The van der Waals surface area contributed by atoms with Crippen LogP contribution in [0.15, 0.2) is 133 Å². The van der Waals surface area contributed by atoms with E-state index >= 15 is 0 Å². The molecule has 2 aliphatic rings. The van der Waals surface area contributed by atoms with Gasteiger partial charge >= 0.3 is 0 Å². The van der Waals surface area contributed by atoms with Crippen molar-refractivity contribution in [3.63, 3.8) is 0 Å². The molecule has 0 radical (unpaired) electrons. The van der Waals surface area contributed by atoms with Crippen molar-refractivity contribution in [3.8, 4) is 11.5 Å². The van der Waals surface area contributed by atoms with Crippen LogP contribution < -0.4 is 14.4 Å². The predicted molar refractivity (Wildman–Crippen MR) is 289 cm³/mol. The van der Waals surface area contributed by atoms with Crippen molar-refractivity contribution in [2.24, 2.45) is 0 Å². The molecule has 2 aliphatic heterocycles. The van der Waals surface area contributed by atoms with Gasteiger partial charge in [0.2, 0.25) is 5.69 Å². The molecule has 0 atom stereocenters. The monoisotopic (exact) mass is 902 g/mol. The first kappa shape index (κ1) is 51.3. The van der Waals surface area contributed by atoms with Crippen LogP contribution in [-0.2, 0) is 32.5 Å². The summed E-state index contributed by atoms with van der Waals surface area (Å²) in [6.07, 6.45) is 19.7. The molecule has 0 spiro atoms. The maximum Gasteiger partial charge on any atom is 0.209 e. The highest BCUT2D eigenvalue weighted by Crippen LogP contribution is 2.48. The molecule has 4 aromatic rings. The van der Waals surface area contributed by atoms with Gasteiger partial charge in [0.05, 0.1) is 12.0 Å². The first-order valence-electron chi connectivity index (χ1n) is 25.5. The maximum atomic E-state index is 6.74. The molecule has 0 aliphatic carbocycles. The van der Waals surface area contributed by atoms with E-state index in [0.717, 1.165) is 50.3 Å². The van der Waals surface area contributed by atoms with Crippen molar-refractivity contribution in [2.75, 3.05) is 31.2 Å². The largest absolute Gasteiger partial charge is 0.491 e. The van der Waals surface area contributed by atoms with Gasteiger partial charge in [-0.2, -0.15) is 4.58 Å². The molecule has 0 unspecified atom stereocenters. The summed E-state index contributed by atoms with van der Waals surface area (Å²) in [5.74, 6) is 2.00. The average molecular weight is 902 g/mol. The van der Waals surface area contributed by atoms with E-state index in [1.807, 2.05) is 0 Å². The molecule has 0 N–H and O–H groups in total. The van der Waals surface area contributed by atoms with Crippen LogP contribution >= 0.6 is 0 Å². The molecule has 0 fully saturated rings. The summed E-state index contributed by atoms with van der Waals surface area (Å²) in [5.41, 5.74) is 13.1. The van der Waals surface area contributed by atoms with Crippen LogP contribution in [0.25, 0.3) is 0 Å². The normalized spacial score (nSPS) is 16.8. The molecule has 358 valence electrons. The molecular formula is C63H85N2O2+. The van der Waals surface area contributed by atoms with Gasteiger partial charge in [0.1, 0.15) is 24.7 Å². The second kappa shape index (κ2) is 20.2. The molecule has 6 rings (SSSR count). The predicted octanol–water partition coefficient (Wildman–Crippen LogP) is 16.3. The number of benzene rings is 4. The fraction of sp³-hybridized carbons (Fsp3) is 0.476. The van der Waals surface area contributed by atoms with Crippen LogP contribution in [-0.4, -0.2) is 36.6 Å². The minimum absolute atomic E-state index is 0.0111. The fourth-order valence-electron chi connectivity index (χ4n) is 9.74. The lowest BCUT2D eigenvalue weighted by atomic mass is 9.76. The van der Waals surface area contributed by atoms with Crippen molar-refractivity contribution in [1.82, 2.24) is 0 Å². The van der Waals surface area contributed by atoms with Crippen molar-refractivity contribution in [1.29, 1.82) is 0 Å². The topological polar surface area (TPSA) is 24.7 Å². The lowest BCUT2D eigenvalue weighted by molar-refractivity contribution is -0.439. The van der Waals surface area contributed by atoms with Crippen LogP contribution in [0.3, 0.4) is 0 Å². The molecular weight excluding hydrogens is 817 g/mol. The number of anilines is 1. The number of hydrogen-bond donors (Lipinski definition) is 0. The third-order valence-corrected chi connectivity index (χ3v) is 16.2. The van der Waals surface area contributed by atoms with E-state index < -0.39 is 0 Å². The Hall–Kier alpha value is -5.09. The second-order valence-corrected chi connectivity index (χ2v) is 22.7. The lowest BCUT2D eigenvalue weighted by Crippen LogP contribution is -2.30. The Balaban J connectivity index is 1.20. The smallest absolute Gasteiger partial charge is 0.209 e. The molecule has 4 heteroatoms. The Kier molecular flexibility index (Phi) is 15.5. The molecule has 2 heterocycles. The number of ether oxygens (including phenoxy) is 2. The minimum atomic E-state index is -0.149. The summed E-state index contributed by atoms with van der Waals surface area (Å²) in [6, 6.07) is 31.5. The van der Waals surface area contributed by atoms with E-state index in [2.05, 4.69) is 248 Å². The molecule has 4 nitrogen and oxygen atoms in total. The molecule has 0 saturated carbocycles. The summed E-state index contributed by atoms with van der Waals surface area (Å²) in [4.78, 5) is 2.46. The van der Waals surface area contributed by atoms with Crippen molar-refractivity contribution < 1.29 is 14.0 Å². The van der Waals surface area contributed by atoms with Gasteiger partial charge in [-0.05, 0) is 102 Å². The van der Waals surface area contributed by atoms with Gasteiger partial charge in [0, 0.05) is 45.6 Å². The van der Waals surface area contributed by atoms with Gasteiger partial charge in [-0.15, -0.1) is 0 Å². The zero-order chi connectivity index (χ0) is 49.0. The average Bonchev–Trinajstić information content (AvgIpc) is 3.66. The van der Waals surface area contributed by atoms with Crippen molar-refractivity contribution in [2.45, 2.75) is 169 Å². The summed E-state index contributed by atoms with van der Waals surface area (Å²) < 4.78 is 15.9. The number of hydrogen-bond acceptors (Lipinski definition) is 3. The van der Waals surface area contributed by atoms with E-state index in [1.54, 1.807) is 0 Å². The molecule has 67 heavy (non-hydrogen) atoms. The van der Waals surface area contributed by atoms with Crippen molar-refractivity contribution in [3.05, 3.63) is 167 Å². The third-order valence-electron chi connectivity index (χ3n) is 16.2. The van der Waals surface area contributed by atoms with Crippen LogP contribution in [0.2, 0.25) is 0 Å². The summed E-state index contributed by atoms with van der Waals surface area (Å²) in [6.45, 7) is 39.9. The number of para-hydroxylation sites is 2. The molecule has 4 aromatic carbocycles. The first-order chi connectivity index (χ1) is 31.6. The Morgan fingerprint density at radius 1 is 0.537 bits per heavy atom. The standard InChI is InChI=1S/C63H85N2O2/c1-17-58(5,6)46-36-38-54(50(44-46)60(9,10)19-3)66-42-40-64-52-32-28-26-30-48(52)62(13,14)56(64)34-24-22-21-23-25-35-57-63(15,16)49-31-27-29-33-53(49)65(57)41-43-67-55-39-37-47(59(7,8)18-2)45-51(55)61(11,12)20-4/h21-39,44-45H,17-20,40-43H2,1-16H3/q+1. The van der Waals surface area contributed by atoms with E-state index in [9.17, 15) is 0 Å². The molecule has 0 bridgehead atoms. The summed E-state index contributed by atoms with van der Waals surface area (Å²) >= 11 is 0. The Labute approximate surface area is 407 Å². The van der Waals surface area contributed by atoms with Gasteiger partial charge in [0.15, 0.2) is 12.3 Å². The Morgan fingerprint density at radius 3 is 1.60 bits per heavy atom. The Bertz CT molecular complexity index is 2530. The van der Waals surface area contributed by atoms with E-state index in [0.29, 0.717) is 13.2 Å². The summed E-state index contributed by atoms with van der Waals surface area (Å²) in [7, 11) is 0. The third kappa shape index (κ3) is 10.6. The number of fused-ring (bicyclic) bond motifs is 2. The van der Waals surface area contributed by atoms with Crippen LogP contribution in [0.4, 0.5) is 11.4 Å². The number of allylic oxidation sites excluding steroid dienone is 8. The number of nitrogens with zero attached hydrogens (tertiary/aromatic N) is 2. The van der Waals surface area contributed by atoms with Gasteiger partial charge in [-0.1, -0.05) is 188 Å². The highest BCUT2D eigenvalue weighted by Gasteiger charge is 2.44. The zero-order valence-electron chi connectivity index (χ0n) is 44.5. The highest BCUT2D eigenvalue weighted by atomic mass is 16.5. The minimum Gasteiger partial charge on any atom is -0.491 e. The summed E-state index contributed by atoms with van der Waals surface area (Å²) in [5, 5.41) is 0. The first-order valence-corrected chi connectivity index (χ1v) is 25.5. The quantitative estimate of drug-likeness (QED) is 0.0652. The van der Waals surface area contributed by atoms with Crippen LogP contribution in [0.5, 0.6) is 11.5 Å². The van der Waals surface area contributed by atoms with Gasteiger partial charge in [0.25, 0.3) is 0 Å². The van der Waals surface area contributed by atoms with E-state index in [-0.39, 0.29) is 32.5 Å². The second-order valence-electron chi connectivity index (χ2n) is 22.7. The Morgan fingerprint density at radius 2 is 1.03 bits per heavy atom. The van der Waals surface area contributed by atoms with Gasteiger partial charge in [-0.3, -0.25) is 0 Å². The number of rotatable bonds is 20. The van der Waals surface area contributed by atoms with Crippen LogP contribution in [0.1, 0.15) is 170 Å². The van der Waals surface area contributed by atoms with E-state index in [4.69, 9.17) is 9.47 Å². The van der Waals surface area contributed by atoms with Crippen LogP contribution in [0, 0.1) is 0 Å². The lowest BCUT2D eigenvalue weighted by Gasteiger charge is -2.31.